The topological polar surface area (TPSA) is 85.8 Å². The highest BCUT2D eigenvalue weighted by Gasteiger charge is 2.40. The van der Waals surface area contributed by atoms with Crippen molar-refractivity contribution in [1.82, 2.24) is 9.97 Å². The zero-order chi connectivity index (χ0) is 19.4. The van der Waals surface area contributed by atoms with E-state index in [4.69, 9.17) is 14.2 Å². The summed E-state index contributed by atoms with van der Waals surface area (Å²) in [4.78, 5) is 22.9. The molecule has 2 aromatic rings. The minimum Gasteiger partial charge on any atom is -0.462 e. The highest BCUT2D eigenvalue weighted by atomic mass is 16.7. The Morgan fingerprint density at radius 1 is 1.18 bits per heavy atom. The molecule has 8 heteroatoms. The largest absolute Gasteiger partial charge is 0.462 e. The van der Waals surface area contributed by atoms with Crippen LogP contribution in [-0.2, 0) is 14.2 Å². The van der Waals surface area contributed by atoms with Crippen molar-refractivity contribution in [2.24, 2.45) is 0 Å². The van der Waals surface area contributed by atoms with E-state index in [1.807, 2.05) is 18.2 Å². The van der Waals surface area contributed by atoms with Crippen LogP contribution in [0.3, 0.4) is 0 Å². The molecule has 0 amide bonds. The maximum atomic E-state index is 11.7. The average Bonchev–Trinajstić information content (AvgIpc) is 3.17. The molecule has 0 radical (unpaired) electrons. The third-order valence-electron chi connectivity index (χ3n) is 4.93. The van der Waals surface area contributed by atoms with Gasteiger partial charge in [-0.1, -0.05) is 0 Å². The van der Waals surface area contributed by atoms with Gasteiger partial charge in [0.2, 0.25) is 5.95 Å². The summed E-state index contributed by atoms with van der Waals surface area (Å²) in [6.07, 6.45) is 3.36. The van der Waals surface area contributed by atoms with Crippen molar-refractivity contribution in [2.75, 3.05) is 43.1 Å². The maximum absolute atomic E-state index is 11.7. The van der Waals surface area contributed by atoms with Crippen molar-refractivity contribution >= 4 is 23.4 Å². The molecular formula is C20H24N4O4. The highest BCUT2D eigenvalue weighted by molar-refractivity contribution is 5.89. The van der Waals surface area contributed by atoms with Gasteiger partial charge in [-0.15, -0.1) is 0 Å². The number of benzene rings is 1. The second kappa shape index (κ2) is 8.12. The van der Waals surface area contributed by atoms with Crippen LogP contribution < -0.4 is 10.2 Å². The normalized spacial score (nSPS) is 18.2. The van der Waals surface area contributed by atoms with Crippen molar-refractivity contribution < 1.29 is 19.0 Å². The Balaban J connectivity index is 1.39. The van der Waals surface area contributed by atoms with Gasteiger partial charge in [-0.2, -0.15) is 4.98 Å². The number of nitrogens with one attached hydrogen (secondary N) is 1. The summed E-state index contributed by atoms with van der Waals surface area (Å²) in [5, 5.41) is 3.25. The number of rotatable bonds is 5. The molecule has 2 aliphatic heterocycles. The van der Waals surface area contributed by atoms with Gasteiger partial charge in [-0.3, -0.25) is 0 Å². The van der Waals surface area contributed by atoms with Crippen molar-refractivity contribution in [2.45, 2.75) is 25.6 Å². The van der Waals surface area contributed by atoms with Crippen LogP contribution in [0.1, 0.15) is 30.1 Å². The van der Waals surface area contributed by atoms with Gasteiger partial charge in [0.05, 0.1) is 25.4 Å². The number of carbonyl (C=O) groups is 1. The Morgan fingerprint density at radius 2 is 1.89 bits per heavy atom. The number of esters is 1. The van der Waals surface area contributed by atoms with Crippen LogP contribution in [0.25, 0.3) is 0 Å². The lowest BCUT2D eigenvalue weighted by atomic mass is 10.0. The molecule has 8 nitrogen and oxygen atoms in total. The first kappa shape index (κ1) is 18.6. The Morgan fingerprint density at radius 3 is 2.57 bits per heavy atom. The summed E-state index contributed by atoms with van der Waals surface area (Å²) >= 11 is 0. The van der Waals surface area contributed by atoms with Gasteiger partial charge in [0.15, 0.2) is 5.79 Å². The second-order valence-corrected chi connectivity index (χ2v) is 6.76. The van der Waals surface area contributed by atoms with E-state index in [0.29, 0.717) is 37.2 Å². The predicted octanol–water partition coefficient (Wildman–Crippen LogP) is 2.74. The standard InChI is InChI=1S/C20H24N4O4/c1-2-26-18(25)15-3-5-16(6-4-15)22-17-7-10-21-19(23-17)24-11-8-20(9-12-24)27-13-14-28-20/h3-7,10H,2,8-9,11-14H2,1H3,(H,21,22,23). The highest BCUT2D eigenvalue weighted by Crippen LogP contribution is 2.32. The van der Waals surface area contributed by atoms with E-state index in [1.165, 1.54) is 0 Å². The van der Waals surface area contributed by atoms with Gasteiger partial charge in [0, 0.05) is 37.8 Å². The lowest BCUT2D eigenvalue weighted by Gasteiger charge is -2.37. The van der Waals surface area contributed by atoms with E-state index in [1.54, 1.807) is 25.3 Å². The van der Waals surface area contributed by atoms with E-state index >= 15 is 0 Å². The summed E-state index contributed by atoms with van der Waals surface area (Å²) in [5.74, 6) is 0.646. The molecule has 0 unspecified atom stereocenters. The van der Waals surface area contributed by atoms with Crippen LogP contribution in [0.5, 0.6) is 0 Å². The zero-order valence-electron chi connectivity index (χ0n) is 15.9. The number of hydrogen-bond acceptors (Lipinski definition) is 8. The molecule has 1 aromatic carbocycles. The predicted molar refractivity (Wildman–Crippen MR) is 104 cm³/mol. The summed E-state index contributed by atoms with van der Waals surface area (Å²) in [6.45, 7) is 5.07. The summed E-state index contributed by atoms with van der Waals surface area (Å²) in [7, 11) is 0. The molecule has 2 saturated heterocycles. The quantitative estimate of drug-likeness (QED) is 0.788. The van der Waals surface area contributed by atoms with E-state index in [9.17, 15) is 4.79 Å². The van der Waals surface area contributed by atoms with Gasteiger partial charge in [-0.05, 0) is 37.3 Å². The number of aromatic nitrogens is 2. The fourth-order valence-corrected chi connectivity index (χ4v) is 3.46. The van der Waals surface area contributed by atoms with E-state index < -0.39 is 5.79 Å². The van der Waals surface area contributed by atoms with Crippen molar-refractivity contribution in [3.05, 3.63) is 42.1 Å². The molecule has 2 aliphatic rings. The number of hydrogen-bond donors (Lipinski definition) is 1. The number of anilines is 3. The second-order valence-electron chi connectivity index (χ2n) is 6.76. The lowest BCUT2D eigenvalue weighted by molar-refractivity contribution is -0.169. The molecule has 28 heavy (non-hydrogen) atoms. The lowest BCUT2D eigenvalue weighted by Crippen LogP contribution is -2.45. The van der Waals surface area contributed by atoms with Crippen LogP contribution in [0.4, 0.5) is 17.5 Å². The van der Waals surface area contributed by atoms with Crippen molar-refractivity contribution in [3.63, 3.8) is 0 Å². The Hall–Kier alpha value is -2.71. The van der Waals surface area contributed by atoms with Crippen molar-refractivity contribution in [3.8, 4) is 0 Å². The van der Waals surface area contributed by atoms with Gasteiger partial charge < -0.3 is 24.4 Å². The Kier molecular flexibility index (Phi) is 5.40. The van der Waals surface area contributed by atoms with E-state index in [2.05, 4.69) is 20.2 Å². The SMILES string of the molecule is CCOC(=O)c1ccc(Nc2ccnc(N3CCC4(CC3)OCCO4)n2)cc1. The van der Waals surface area contributed by atoms with Gasteiger partial charge in [0.1, 0.15) is 5.82 Å². The van der Waals surface area contributed by atoms with Crippen LogP contribution in [-0.4, -0.2) is 54.6 Å². The Bertz CT molecular complexity index is 811. The fraction of sp³-hybridized carbons (Fsp3) is 0.450. The summed E-state index contributed by atoms with van der Waals surface area (Å²) < 4.78 is 16.6. The molecule has 0 saturated carbocycles. The molecule has 2 fully saturated rings. The third-order valence-corrected chi connectivity index (χ3v) is 4.93. The third kappa shape index (κ3) is 4.07. The van der Waals surface area contributed by atoms with Crippen LogP contribution in [0, 0.1) is 0 Å². The molecule has 4 rings (SSSR count). The Labute approximate surface area is 163 Å². The van der Waals surface area contributed by atoms with E-state index in [0.717, 1.165) is 31.6 Å². The molecule has 1 spiro atoms. The smallest absolute Gasteiger partial charge is 0.338 e. The molecule has 1 aromatic heterocycles. The molecule has 3 heterocycles. The fourth-order valence-electron chi connectivity index (χ4n) is 3.46. The molecule has 0 bridgehead atoms. The first-order valence-corrected chi connectivity index (χ1v) is 9.58. The minimum atomic E-state index is -0.410. The number of nitrogens with zero attached hydrogens (tertiary/aromatic N) is 3. The minimum absolute atomic E-state index is 0.323. The molecule has 1 N–H and O–H groups in total. The van der Waals surface area contributed by atoms with Gasteiger partial charge >= 0.3 is 5.97 Å². The van der Waals surface area contributed by atoms with Crippen LogP contribution in [0.2, 0.25) is 0 Å². The molecular weight excluding hydrogens is 360 g/mol. The zero-order valence-corrected chi connectivity index (χ0v) is 15.9. The molecule has 148 valence electrons. The maximum Gasteiger partial charge on any atom is 0.338 e. The monoisotopic (exact) mass is 384 g/mol. The van der Waals surface area contributed by atoms with E-state index in [-0.39, 0.29) is 5.97 Å². The number of carbonyl (C=O) groups excluding carboxylic acids is 1. The number of ether oxygens (including phenoxy) is 3. The number of piperidine rings is 1. The van der Waals surface area contributed by atoms with Crippen molar-refractivity contribution in [1.29, 1.82) is 0 Å². The first-order valence-electron chi connectivity index (χ1n) is 9.58. The van der Waals surface area contributed by atoms with Crippen LogP contribution >= 0.6 is 0 Å². The van der Waals surface area contributed by atoms with Gasteiger partial charge in [-0.25, -0.2) is 9.78 Å². The average molecular weight is 384 g/mol. The molecule has 0 aliphatic carbocycles. The van der Waals surface area contributed by atoms with Crippen LogP contribution in [0.15, 0.2) is 36.5 Å². The summed E-state index contributed by atoms with van der Waals surface area (Å²) in [5.41, 5.74) is 1.36. The molecule has 0 atom stereocenters. The summed E-state index contributed by atoms with van der Waals surface area (Å²) in [6, 6.07) is 8.93. The first-order chi connectivity index (χ1) is 13.7. The van der Waals surface area contributed by atoms with Gasteiger partial charge in [0.25, 0.3) is 0 Å².